The Hall–Kier alpha value is -2.20. The summed E-state index contributed by atoms with van der Waals surface area (Å²) in [6.07, 6.45) is 1.70. The first-order chi connectivity index (χ1) is 10.1. The van der Waals surface area contributed by atoms with Gasteiger partial charge in [0.25, 0.3) is 5.92 Å². The number of rotatable bonds is 4. The normalized spacial score (nSPS) is 12.0. The first-order valence-corrected chi connectivity index (χ1v) is 6.81. The molecule has 0 unspecified atom stereocenters. The molecule has 4 heteroatoms. The number of benzene rings is 2. The van der Waals surface area contributed by atoms with E-state index in [0.29, 0.717) is 6.54 Å². The zero-order valence-electron chi connectivity index (χ0n) is 11.5. The summed E-state index contributed by atoms with van der Waals surface area (Å²) in [5.74, 6) is -2.91. The van der Waals surface area contributed by atoms with Gasteiger partial charge in [0.05, 0.1) is 6.54 Å². The van der Waals surface area contributed by atoms with Crippen LogP contribution in [0, 0.1) is 0 Å². The van der Waals surface area contributed by atoms with Crippen molar-refractivity contribution in [3.8, 4) is 0 Å². The number of hydrogen-bond donors (Lipinski definition) is 1. The number of nitrogens with two attached hydrogens (primary N) is 1. The summed E-state index contributed by atoms with van der Waals surface area (Å²) < 4.78 is 30.4. The lowest BCUT2D eigenvalue weighted by Crippen LogP contribution is -2.20. The molecule has 0 bridgehead atoms. The molecule has 3 aromatic rings. The van der Waals surface area contributed by atoms with Gasteiger partial charge < -0.3 is 10.3 Å². The molecule has 0 aliphatic rings. The molecule has 1 heterocycles. The monoisotopic (exact) mass is 286 g/mol. The molecule has 2 N–H and O–H groups in total. The molecule has 0 atom stereocenters. The van der Waals surface area contributed by atoms with E-state index in [4.69, 9.17) is 5.73 Å². The van der Waals surface area contributed by atoms with Gasteiger partial charge in [0.2, 0.25) is 0 Å². The van der Waals surface area contributed by atoms with Gasteiger partial charge in [0.1, 0.15) is 0 Å². The van der Waals surface area contributed by atoms with Crippen molar-refractivity contribution >= 4 is 10.9 Å². The molecular formula is C17H16F2N2. The molecule has 2 nitrogen and oxygen atoms in total. The molecule has 0 aliphatic carbocycles. The van der Waals surface area contributed by atoms with E-state index in [-0.39, 0.29) is 12.1 Å². The van der Waals surface area contributed by atoms with Gasteiger partial charge in [-0.3, -0.25) is 0 Å². The van der Waals surface area contributed by atoms with Crippen LogP contribution in [-0.2, 0) is 19.0 Å². The van der Waals surface area contributed by atoms with Crippen LogP contribution >= 0.6 is 0 Å². The Morgan fingerprint density at radius 2 is 1.76 bits per heavy atom. The second kappa shape index (κ2) is 5.30. The van der Waals surface area contributed by atoms with E-state index in [9.17, 15) is 8.78 Å². The van der Waals surface area contributed by atoms with Crippen LogP contribution in [0.5, 0.6) is 0 Å². The predicted octanol–water partition coefficient (Wildman–Crippen LogP) is 3.89. The highest BCUT2D eigenvalue weighted by molar-refractivity contribution is 5.80. The van der Waals surface area contributed by atoms with E-state index in [1.165, 1.54) is 12.1 Å². The van der Waals surface area contributed by atoms with Gasteiger partial charge in [-0.25, -0.2) is 0 Å². The van der Waals surface area contributed by atoms with Crippen LogP contribution in [0.15, 0.2) is 60.8 Å². The Labute approximate surface area is 121 Å². The maximum Gasteiger partial charge on any atom is 0.290 e. The van der Waals surface area contributed by atoms with Gasteiger partial charge in [0.15, 0.2) is 0 Å². The second-order valence-electron chi connectivity index (χ2n) is 5.11. The third-order valence-electron chi connectivity index (χ3n) is 3.64. The molecule has 0 amide bonds. The summed E-state index contributed by atoms with van der Waals surface area (Å²) in [5.41, 5.74) is 7.37. The van der Waals surface area contributed by atoms with Crippen molar-refractivity contribution in [1.82, 2.24) is 4.57 Å². The average molecular weight is 286 g/mol. The lowest BCUT2D eigenvalue weighted by molar-refractivity contribution is -0.0211. The third-order valence-corrected chi connectivity index (χ3v) is 3.64. The highest BCUT2D eigenvalue weighted by atomic mass is 19.3. The maximum absolute atomic E-state index is 14.4. The minimum atomic E-state index is -2.91. The molecule has 0 saturated carbocycles. The Kier molecular flexibility index (Phi) is 3.47. The minimum Gasteiger partial charge on any atom is -0.341 e. The molecule has 3 rings (SSSR count). The van der Waals surface area contributed by atoms with Crippen LogP contribution in [0.1, 0.15) is 11.1 Å². The first-order valence-electron chi connectivity index (χ1n) is 6.81. The van der Waals surface area contributed by atoms with Crippen LogP contribution in [0.25, 0.3) is 10.9 Å². The highest BCUT2D eigenvalue weighted by Crippen LogP contribution is 2.31. The fourth-order valence-electron chi connectivity index (χ4n) is 2.48. The average Bonchev–Trinajstić information content (AvgIpc) is 2.90. The van der Waals surface area contributed by atoms with Crippen molar-refractivity contribution in [2.24, 2.45) is 5.73 Å². The van der Waals surface area contributed by atoms with E-state index in [0.717, 1.165) is 16.5 Å². The predicted molar refractivity (Wildman–Crippen MR) is 80.2 cm³/mol. The number of fused-ring (bicyclic) bond motifs is 1. The van der Waals surface area contributed by atoms with Crippen LogP contribution < -0.4 is 5.73 Å². The molecule has 2 aromatic carbocycles. The summed E-state index contributed by atoms with van der Waals surface area (Å²) in [7, 11) is 0. The molecule has 0 fully saturated rings. The summed E-state index contributed by atoms with van der Waals surface area (Å²) in [6, 6.07) is 15.4. The van der Waals surface area contributed by atoms with E-state index < -0.39 is 5.92 Å². The summed E-state index contributed by atoms with van der Waals surface area (Å²) in [4.78, 5) is 0. The number of hydrogen-bond acceptors (Lipinski definition) is 1. The second-order valence-corrected chi connectivity index (χ2v) is 5.11. The number of aromatic nitrogens is 1. The van der Waals surface area contributed by atoms with Crippen molar-refractivity contribution < 1.29 is 8.78 Å². The van der Waals surface area contributed by atoms with Gasteiger partial charge in [-0.15, -0.1) is 0 Å². The number of nitrogens with zero attached hydrogens (tertiary/aromatic N) is 1. The van der Waals surface area contributed by atoms with Crippen molar-refractivity contribution in [2.75, 3.05) is 0 Å². The van der Waals surface area contributed by atoms with Gasteiger partial charge in [0, 0.05) is 23.8 Å². The van der Waals surface area contributed by atoms with Crippen molar-refractivity contribution in [1.29, 1.82) is 0 Å². The Morgan fingerprint density at radius 3 is 2.48 bits per heavy atom. The van der Waals surface area contributed by atoms with Crippen LogP contribution in [-0.4, -0.2) is 4.57 Å². The molecule has 0 radical (unpaired) electrons. The maximum atomic E-state index is 14.4. The van der Waals surface area contributed by atoms with E-state index in [1.54, 1.807) is 29.0 Å². The summed E-state index contributed by atoms with van der Waals surface area (Å²) in [5, 5.41) is 0.941. The Morgan fingerprint density at radius 1 is 1.00 bits per heavy atom. The highest BCUT2D eigenvalue weighted by Gasteiger charge is 2.32. The topological polar surface area (TPSA) is 30.9 Å². The SMILES string of the molecule is NCc1ccc2ccn(CC(F)(F)c3ccccc3)c2c1. The minimum absolute atomic E-state index is 0.0295. The molecule has 0 saturated heterocycles. The molecule has 0 spiro atoms. The molecule has 0 aliphatic heterocycles. The van der Waals surface area contributed by atoms with E-state index >= 15 is 0 Å². The van der Waals surface area contributed by atoms with Crippen LogP contribution in [0.2, 0.25) is 0 Å². The molecular weight excluding hydrogens is 270 g/mol. The summed E-state index contributed by atoms with van der Waals surface area (Å²) >= 11 is 0. The van der Waals surface area contributed by atoms with Crippen molar-refractivity contribution in [2.45, 2.75) is 19.0 Å². The van der Waals surface area contributed by atoms with Gasteiger partial charge in [-0.2, -0.15) is 8.78 Å². The zero-order valence-corrected chi connectivity index (χ0v) is 11.5. The van der Waals surface area contributed by atoms with Crippen LogP contribution in [0.4, 0.5) is 8.78 Å². The standard InChI is InChI=1S/C17H16F2N2/c18-17(19,15-4-2-1-3-5-15)12-21-9-8-14-7-6-13(11-20)10-16(14)21/h1-10H,11-12,20H2. The zero-order chi connectivity index (χ0) is 14.9. The van der Waals surface area contributed by atoms with Gasteiger partial charge in [-0.1, -0.05) is 42.5 Å². The van der Waals surface area contributed by atoms with Crippen molar-refractivity contribution in [3.05, 3.63) is 71.9 Å². The van der Waals surface area contributed by atoms with E-state index in [2.05, 4.69) is 0 Å². The smallest absolute Gasteiger partial charge is 0.290 e. The lowest BCUT2D eigenvalue weighted by Gasteiger charge is -2.18. The first kappa shape index (κ1) is 13.8. The Bertz CT molecular complexity index is 748. The van der Waals surface area contributed by atoms with E-state index in [1.807, 2.05) is 24.3 Å². The fraction of sp³-hybridized carbons (Fsp3) is 0.176. The van der Waals surface area contributed by atoms with Gasteiger partial charge >= 0.3 is 0 Å². The third kappa shape index (κ3) is 2.67. The summed E-state index contributed by atoms with van der Waals surface area (Å²) in [6.45, 7) is 0.0186. The fourth-order valence-corrected chi connectivity index (χ4v) is 2.48. The van der Waals surface area contributed by atoms with Crippen molar-refractivity contribution in [3.63, 3.8) is 0 Å². The number of alkyl halides is 2. The molecule has 108 valence electrons. The lowest BCUT2D eigenvalue weighted by atomic mass is 10.1. The molecule has 1 aromatic heterocycles. The van der Waals surface area contributed by atoms with Crippen LogP contribution in [0.3, 0.4) is 0 Å². The molecule has 21 heavy (non-hydrogen) atoms. The quantitative estimate of drug-likeness (QED) is 0.775. The Balaban J connectivity index is 1.98. The number of halogens is 2. The van der Waals surface area contributed by atoms with Gasteiger partial charge in [-0.05, 0) is 23.1 Å². The largest absolute Gasteiger partial charge is 0.341 e.